The van der Waals surface area contributed by atoms with Crippen LogP contribution in [-0.4, -0.2) is 25.1 Å². The SMILES string of the molecule is Cn1nnc(COc2ccc([N+](=O)[O-])cc2)n1. The van der Waals surface area contributed by atoms with E-state index in [0.29, 0.717) is 11.6 Å². The molecule has 2 aromatic rings. The third kappa shape index (κ3) is 2.74. The first-order valence-corrected chi connectivity index (χ1v) is 4.75. The molecule has 0 aliphatic carbocycles. The number of nitro groups is 1. The van der Waals surface area contributed by atoms with Crippen molar-refractivity contribution in [2.75, 3.05) is 0 Å². The van der Waals surface area contributed by atoms with Crippen LogP contribution in [0.25, 0.3) is 0 Å². The topological polar surface area (TPSA) is 96.0 Å². The predicted octanol–water partition coefficient (Wildman–Crippen LogP) is 0.697. The number of tetrazole rings is 1. The van der Waals surface area contributed by atoms with Crippen LogP contribution in [0, 0.1) is 10.1 Å². The Morgan fingerprint density at radius 1 is 1.41 bits per heavy atom. The molecule has 0 unspecified atom stereocenters. The van der Waals surface area contributed by atoms with E-state index in [9.17, 15) is 10.1 Å². The predicted molar refractivity (Wildman–Crippen MR) is 56.2 cm³/mol. The number of hydrogen-bond donors (Lipinski definition) is 0. The molecule has 0 aliphatic rings. The molecule has 0 saturated carbocycles. The summed E-state index contributed by atoms with van der Waals surface area (Å²) in [5, 5.41) is 21.8. The Morgan fingerprint density at radius 2 is 2.12 bits per heavy atom. The second-order valence-electron chi connectivity index (χ2n) is 3.23. The molecule has 88 valence electrons. The standard InChI is InChI=1S/C9H9N5O3/c1-13-11-9(10-12-13)6-17-8-4-2-7(3-5-8)14(15)16/h2-5H,6H2,1H3. The maximum absolute atomic E-state index is 10.4. The highest BCUT2D eigenvalue weighted by molar-refractivity contribution is 5.35. The smallest absolute Gasteiger partial charge is 0.269 e. The number of nitro benzene ring substituents is 1. The molecule has 0 spiro atoms. The molecule has 0 aliphatic heterocycles. The summed E-state index contributed by atoms with van der Waals surface area (Å²) in [7, 11) is 1.66. The molecule has 0 radical (unpaired) electrons. The van der Waals surface area contributed by atoms with Crippen LogP contribution in [0.15, 0.2) is 24.3 Å². The van der Waals surface area contributed by atoms with E-state index in [1.54, 1.807) is 7.05 Å². The summed E-state index contributed by atoms with van der Waals surface area (Å²) in [6, 6.07) is 5.79. The lowest BCUT2D eigenvalue weighted by Gasteiger charge is -2.01. The number of ether oxygens (including phenoxy) is 1. The second kappa shape index (κ2) is 4.56. The van der Waals surface area contributed by atoms with Crippen molar-refractivity contribution in [1.82, 2.24) is 20.2 Å². The Morgan fingerprint density at radius 3 is 2.65 bits per heavy atom. The van der Waals surface area contributed by atoms with Crippen LogP contribution in [0.2, 0.25) is 0 Å². The van der Waals surface area contributed by atoms with E-state index >= 15 is 0 Å². The molecule has 1 aromatic carbocycles. The van der Waals surface area contributed by atoms with Gasteiger partial charge in [-0.05, 0) is 17.3 Å². The number of aryl methyl sites for hydroxylation is 1. The monoisotopic (exact) mass is 235 g/mol. The minimum absolute atomic E-state index is 0.0231. The van der Waals surface area contributed by atoms with Gasteiger partial charge in [-0.2, -0.15) is 4.80 Å². The van der Waals surface area contributed by atoms with E-state index in [1.807, 2.05) is 0 Å². The molecule has 0 fully saturated rings. The van der Waals surface area contributed by atoms with Gasteiger partial charge in [0.25, 0.3) is 5.69 Å². The molecule has 1 heterocycles. The molecule has 8 nitrogen and oxygen atoms in total. The molecule has 8 heteroatoms. The number of hydrogen-bond acceptors (Lipinski definition) is 6. The van der Waals surface area contributed by atoms with E-state index in [0.717, 1.165) is 0 Å². The zero-order valence-corrected chi connectivity index (χ0v) is 8.98. The lowest BCUT2D eigenvalue weighted by molar-refractivity contribution is -0.384. The third-order valence-corrected chi connectivity index (χ3v) is 1.97. The molecule has 0 N–H and O–H groups in total. The van der Waals surface area contributed by atoms with Gasteiger partial charge >= 0.3 is 0 Å². The van der Waals surface area contributed by atoms with E-state index in [-0.39, 0.29) is 12.3 Å². The fourth-order valence-corrected chi connectivity index (χ4v) is 1.19. The van der Waals surface area contributed by atoms with Crippen molar-refractivity contribution >= 4 is 5.69 Å². The molecular weight excluding hydrogens is 226 g/mol. The Bertz CT molecular complexity index is 522. The lowest BCUT2D eigenvalue weighted by atomic mass is 10.3. The molecule has 0 bridgehead atoms. The zero-order valence-electron chi connectivity index (χ0n) is 8.98. The van der Waals surface area contributed by atoms with Crippen LogP contribution in [0.3, 0.4) is 0 Å². The highest BCUT2D eigenvalue weighted by Crippen LogP contribution is 2.17. The van der Waals surface area contributed by atoms with Crippen LogP contribution in [-0.2, 0) is 13.7 Å². The molecule has 17 heavy (non-hydrogen) atoms. The van der Waals surface area contributed by atoms with Crippen molar-refractivity contribution in [1.29, 1.82) is 0 Å². The lowest BCUT2D eigenvalue weighted by Crippen LogP contribution is -1.99. The molecule has 0 saturated heterocycles. The van der Waals surface area contributed by atoms with Gasteiger partial charge in [0.1, 0.15) is 5.75 Å². The van der Waals surface area contributed by atoms with Gasteiger partial charge in [0, 0.05) is 12.1 Å². The highest BCUT2D eigenvalue weighted by atomic mass is 16.6. The number of rotatable bonds is 4. The van der Waals surface area contributed by atoms with E-state index < -0.39 is 4.92 Å². The third-order valence-electron chi connectivity index (χ3n) is 1.97. The average molecular weight is 235 g/mol. The van der Waals surface area contributed by atoms with E-state index in [2.05, 4.69) is 15.4 Å². The van der Waals surface area contributed by atoms with Gasteiger partial charge in [0.05, 0.1) is 12.0 Å². The van der Waals surface area contributed by atoms with Crippen molar-refractivity contribution in [3.8, 4) is 5.75 Å². The summed E-state index contributed by atoms with van der Waals surface area (Å²) >= 11 is 0. The van der Waals surface area contributed by atoms with E-state index in [1.165, 1.54) is 29.1 Å². The molecule has 1 aromatic heterocycles. The van der Waals surface area contributed by atoms with Gasteiger partial charge in [-0.1, -0.05) is 0 Å². The summed E-state index contributed by atoms with van der Waals surface area (Å²) in [6.45, 7) is 0.172. The molecular formula is C9H9N5O3. The maximum Gasteiger partial charge on any atom is 0.269 e. The van der Waals surface area contributed by atoms with Crippen molar-refractivity contribution in [2.24, 2.45) is 7.05 Å². The number of aromatic nitrogens is 4. The zero-order chi connectivity index (χ0) is 12.3. The van der Waals surface area contributed by atoms with Crippen LogP contribution in [0.1, 0.15) is 5.82 Å². The number of benzene rings is 1. The fourth-order valence-electron chi connectivity index (χ4n) is 1.19. The van der Waals surface area contributed by atoms with Gasteiger partial charge in [-0.3, -0.25) is 10.1 Å². The van der Waals surface area contributed by atoms with Gasteiger partial charge < -0.3 is 4.74 Å². The Labute approximate surface area is 96.0 Å². The fraction of sp³-hybridized carbons (Fsp3) is 0.222. The maximum atomic E-state index is 10.4. The van der Waals surface area contributed by atoms with Gasteiger partial charge in [-0.15, -0.1) is 10.2 Å². The van der Waals surface area contributed by atoms with Crippen molar-refractivity contribution in [3.05, 3.63) is 40.2 Å². The largest absolute Gasteiger partial charge is 0.485 e. The van der Waals surface area contributed by atoms with Crippen molar-refractivity contribution < 1.29 is 9.66 Å². The first-order chi connectivity index (χ1) is 8.15. The minimum atomic E-state index is -0.464. The molecule has 0 atom stereocenters. The molecule has 2 rings (SSSR count). The van der Waals surface area contributed by atoms with Crippen LogP contribution in [0.5, 0.6) is 5.75 Å². The summed E-state index contributed by atoms with van der Waals surface area (Å²) in [6.07, 6.45) is 0. The van der Waals surface area contributed by atoms with Gasteiger partial charge in [0.2, 0.25) is 5.82 Å². The normalized spacial score (nSPS) is 10.2. The first kappa shape index (κ1) is 11.0. The summed E-state index contributed by atoms with van der Waals surface area (Å²) < 4.78 is 5.34. The number of nitrogens with zero attached hydrogens (tertiary/aromatic N) is 5. The minimum Gasteiger partial charge on any atom is -0.485 e. The van der Waals surface area contributed by atoms with Gasteiger partial charge in [-0.25, -0.2) is 0 Å². The number of non-ortho nitro benzene ring substituents is 1. The van der Waals surface area contributed by atoms with Crippen LogP contribution >= 0.6 is 0 Å². The average Bonchev–Trinajstić information content (AvgIpc) is 2.73. The Kier molecular flexibility index (Phi) is 2.95. The Balaban J connectivity index is 1.97. The van der Waals surface area contributed by atoms with Crippen LogP contribution < -0.4 is 4.74 Å². The second-order valence-corrected chi connectivity index (χ2v) is 3.23. The quantitative estimate of drug-likeness (QED) is 0.571. The Hall–Kier alpha value is -2.51. The summed E-state index contributed by atoms with van der Waals surface area (Å²) in [5.74, 6) is 0.967. The van der Waals surface area contributed by atoms with Crippen molar-refractivity contribution in [2.45, 2.75) is 6.61 Å². The highest BCUT2D eigenvalue weighted by Gasteiger charge is 2.05. The van der Waals surface area contributed by atoms with Crippen molar-refractivity contribution in [3.63, 3.8) is 0 Å². The van der Waals surface area contributed by atoms with Gasteiger partial charge in [0.15, 0.2) is 6.61 Å². The summed E-state index contributed by atoms with van der Waals surface area (Å²) in [4.78, 5) is 11.3. The van der Waals surface area contributed by atoms with Crippen LogP contribution in [0.4, 0.5) is 5.69 Å². The molecule has 0 amide bonds. The van der Waals surface area contributed by atoms with E-state index in [4.69, 9.17) is 4.74 Å². The first-order valence-electron chi connectivity index (χ1n) is 4.75. The summed E-state index contributed by atoms with van der Waals surface area (Å²) in [5.41, 5.74) is 0.0231.